The molecule has 3 N–H and O–H groups in total. The molecule has 0 amide bonds. The lowest BCUT2D eigenvalue weighted by molar-refractivity contribution is 0.401. The van der Waals surface area contributed by atoms with E-state index in [2.05, 4.69) is 43.5 Å². The Balaban J connectivity index is 2.53. The largest absolute Gasteiger partial charge is 0.496 e. The summed E-state index contributed by atoms with van der Waals surface area (Å²) in [4.78, 5) is 0. The van der Waals surface area contributed by atoms with Crippen molar-refractivity contribution in [3.8, 4) is 5.75 Å². The van der Waals surface area contributed by atoms with E-state index < -0.39 is 0 Å². The third-order valence-electron chi connectivity index (χ3n) is 3.52. The molecule has 0 saturated carbocycles. The van der Waals surface area contributed by atoms with Gasteiger partial charge in [0.1, 0.15) is 5.75 Å². The normalized spacial score (nSPS) is 12.2. The van der Waals surface area contributed by atoms with Crippen LogP contribution in [0.2, 0.25) is 0 Å². The third kappa shape index (κ3) is 2.62. The van der Waals surface area contributed by atoms with E-state index in [-0.39, 0.29) is 6.04 Å². The predicted molar refractivity (Wildman–Crippen MR) is 78.1 cm³/mol. The number of hydrazine groups is 1. The lowest BCUT2D eigenvalue weighted by Crippen LogP contribution is -2.29. The summed E-state index contributed by atoms with van der Waals surface area (Å²) in [5.41, 5.74) is 7.41. The second-order valence-corrected chi connectivity index (χ2v) is 4.64. The number of methoxy groups -OCH3 is 1. The summed E-state index contributed by atoms with van der Waals surface area (Å²) in [6.07, 6.45) is 0. The first-order chi connectivity index (χ1) is 9.19. The Morgan fingerprint density at radius 1 is 1.05 bits per heavy atom. The van der Waals surface area contributed by atoms with Gasteiger partial charge in [-0.2, -0.15) is 0 Å². The quantitative estimate of drug-likeness (QED) is 0.653. The zero-order valence-corrected chi connectivity index (χ0v) is 11.6. The van der Waals surface area contributed by atoms with Crippen molar-refractivity contribution in [2.45, 2.75) is 19.9 Å². The summed E-state index contributed by atoms with van der Waals surface area (Å²) in [6, 6.07) is 14.2. The van der Waals surface area contributed by atoms with Gasteiger partial charge in [0.25, 0.3) is 0 Å². The minimum absolute atomic E-state index is 0.0737. The molecule has 0 radical (unpaired) electrons. The number of nitrogens with one attached hydrogen (secondary N) is 1. The highest BCUT2D eigenvalue weighted by atomic mass is 16.5. The number of ether oxygens (including phenoxy) is 1. The molecule has 0 spiro atoms. The van der Waals surface area contributed by atoms with Crippen LogP contribution in [0.1, 0.15) is 28.3 Å². The molecule has 1 atom stereocenters. The molecule has 0 aliphatic rings. The Labute approximate surface area is 114 Å². The number of nitrogens with two attached hydrogens (primary N) is 1. The summed E-state index contributed by atoms with van der Waals surface area (Å²) in [6.45, 7) is 4.14. The van der Waals surface area contributed by atoms with Crippen LogP contribution in [0.4, 0.5) is 0 Å². The number of hydrogen-bond acceptors (Lipinski definition) is 3. The van der Waals surface area contributed by atoms with Gasteiger partial charge in [0, 0.05) is 5.56 Å². The van der Waals surface area contributed by atoms with Gasteiger partial charge in [0.05, 0.1) is 13.2 Å². The van der Waals surface area contributed by atoms with Crippen LogP contribution in [0.3, 0.4) is 0 Å². The van der Waals surface area contributed by atoms with Crippen molar-refractivity contribution in [1.82, 2.24) is 5.43 Å². The molecule has 1 unspecified atom stereocenters. The maximum Gasteiger partial charge on any atom is 0.127 e. The van der Waals surface area contributed by atoms with Crippen molar-refractivity contribution >= 4 is 0 Å². The van der Waals surface area contributed by atoms with Crippen LogP contribution >= 0.6 is 0 Å². The zero-order valence-electron chi connectivity index (χ0n) is 11.6. The Morgan fingerprint density at radius 2 is 1.74 bits per heavy atom. The Hall–Kier alpha value is -1.84. The van der Waals surface area contributed by atoms with Crippen LogP contribution in [-0.4, -0.2) is 7.11 Å². The zero-order chi connectivity index (χ0) is 13.8. The summed E-state index contributed by atoms with van der Waals surface area (Å²) >= 11 is 0. The van der Waals surface area contributed by atoms with Gasteiger partial charge in [-0.1, -0.05) is 42.5 Å². The van der Waals surface area contributed by atoms with Gasteiger partial charge in [-0.3, -0.25) is 5.84 Å². The van der Waals surface area contributed by atoms with Crippen LogP contribution in [0, 0.1) is 13.8 Å². The summed E-state index contributed by atoms with van der Waals surface area (Å²) in [7, 11) is 1.70. The van der Waals surface area contributed by atoms with E-state index in [4.69, 9.17) is 10.6 Å². The van der Waals surface area contributed by atoms with Crippen molar-refractivity contribution in [2.75, 3.05) is 7.11 Å². The monoisotopic (exact) mass is 256 g/mol. The van der Waals surface area contributed by atoms with E-state index in [0.717, 1.165) is 22.4 Å². The first-order valence-corrected chi connectivity index (χ1v) is 6.34. The molecule has 2 rings (SSSR count). The summed E-state index contributed by atoms with van der Waals surface area (Å²) in [5.74, 6) is 6.64. The van der Waals surface area contributed by atoms with Crippen LogP contribution in [0.15, 0.2) is 42.5 Å². The third-order valence-corrected chi connectivity index (χ3v) is 3.52. The SMILES string of the molecule is COc1c(C(NN)c2ccccc2)ccc(C)c1C. The van der Waals surface area contributed by atoms with Gasteiger partial charge in [-0.25, -0.2) is 5.43 Å². The Bertz CT molecular complexity index is 552. The maximum absolute atomic E-state index is 5.74. The summed E-state index contributed by atoms with van der Waals surface area (Å²) < 4.78 is 5.57. The topological polar surface area (TPSA) is 47.3 Å². The van der Waals surface area contributed by atoms with E-state index in [0.29, 0.717) is 0 Å². The fourth-order valence-corrected chi connectivity index (χ4v) is 2.32. The first kappa shape index (κ1) is 13.6. The Kier molecular flexibility index (Phi) is 4.20. The molecule has 0 saturated heterocycles. The minimum Gasteiger partial charge on any atom is -0.496 e. The second kappa shape index (κ2) is 5.87. The van der Waals surface area contributed by atoms with Gasteiger partial charge < -0.3 is 4.74 Å². The molecule has 2 aromatic carbocycles. The lowest BCUT2D eigenvalue weighted by Gasteiger charge is -2.21. The first-order valence-electron chi connectivity index (χ1n) is 6.34. The van der Waals surface area contributed by atoms with Gasteiger partial charge in [-0.15, -0.1) is 0 Å². The molecule has 3 heteroatoms. The fraction of sp³-hybridized carbons (Fsp3) is 0.250. The average molecular weight is 256 g/mol. The van der Waals surface area contributed by atoms with E-state index in [1.165, 1.54) is 5.56 Å². The maximum atomic E-state index is 5.74. The van der Waals surface area contributed by atoms with Gasteiger partial charge in [0.15, 0.2) is 0 Å². The van der Waals surface area contributed by atoms with Gasteiger partial charge >= 0.3 is 0 Å². The molecule has 0 bridgehead atoms. The Morgan fingerprint density at radius 3 is 2.32 bits per heavy atom. The van der Waals surface area contributed by atoms with Crippen LogP contribution in [0.25, 0.3) is 0 Å². The van der Waals surface area contributed by atoms with Crippen molar-refractivity contribution < 1.29 is 4.74 Å². The van der Waals surface area contributed by atoms with E-state index in [9.17, 15) is 0 Å². The molecular formula is C16H20N2O. The molecule has 0 fully saturated rings. The molecule has 0 aromatic heterocycles. The van der Waals surface area contributed by atoms with Crippen LogP contribution < -0.4 is 16.0 Å². The smallest absolute Gasteiger partial charge is 0.127 e. The standard InChI is InChI=1S/C16H20N2O/c1-11-9-10-14(16(19-3)12(11)2)15(18-17)13-7-5-4-6-8-13/h4-10,15,18H,17H2,1-3H3. The highest BCUT2D eigenvalue weighted by molar-refractivity contribution is 5.49. The van der Waals surface area contributed by atoms with Crippen molar-refractivity contribution in [2.24, 2.45) is 5.84 Å². The fourth-order valence-electron chi connectivity index (χ4n) is 2.32. The van der Waals surface area contributed by atoms with E-state index >= 15 is 0 Å². The molecule has 100 valence electrons. The molecule has 3 nitrogen and oxygen atoms in total. The predicted octanol–water partition coefficient (Wildman–Crippen LogP) is 2.86. The van der Waals surface area contributed by atoms with Crippen molar-refractivity contribution in [3.63, 3.8) is 0 Å². The molecular weight excluding hydrogens is 236 g/mol. The minimum atomic E-state index is -0.0737. The molecule has 0 heterocycles. The van der Waals surface area contributed by atoms with Gasteiger partial charge in [-0.05, 0) is 30.5 Å². The van der Waals surface area contributed by atoms with E-state index in [1.807, 2.05) is 18.2 Å². The summed E-state index contributed by atoms with van der Waals surface area (Å²) in [5, 5.41) is 0. The number of benzene rings is 2. The van der Waals surface area contributed by atoms with Crippen LogP contribution in [0.5, 0.6) is 5.75 Å². The average Bonchev–Trinajstić information content (AvgIpc) is 2.45. The van der Waals surface area contributed by atoms with Gasteiger partial charge in [0.2, 0.25) is 0 Å². The molecule has 19 heavy (non-hydrogen) atoms. The number of aryl methyl sites for hydroxylation is 1. The number of hydrogen-bond donors (Lipinski definition) is 2. The molecule has 0 aliphatic heterocycles. The molecule has 0 aliphatic carbocycles. The highest BCUT2D eigenvalue weighted by Gasteiger charge is 2.18. The van der Waals surface area contributed by atoms with Crippen molar-refractivity contribution in [3.05, 3.63) is 64.7 Å². The second-order valence-electron chi connectivity index (χ2n) is 4.64. The molecule has 2 aromatic rings. The van der Waals surface area contributed by atoms with E-state index in [1.54, 1.807) is 7.11 Å². The number of rotatable bonds is 4. The lowest BCUT2D eigenvalue weighted by atomic mass is 9.95. The van der Waals surface area contributed by atoms with Crippen molar-refractivity contribution in [1.29, 1.82) is 0 Å². The van der Waals surface area contributed by atoms with Crippen LogP contribution in [-0.2, 0) is 0 Å². The highest BCUT2D eigenvalue weighted by Crippen LogP contribution is 2.33.